The molecule has 2 aliphatic rings. The molecule has 32 heavy (non-hydrogen) atoms. The van der Waals surface area contributed by atoms with Crippen LogP contribution in [0.2, 0.25) is 0 Å². The summed E-state index contributed by atoms with van der Waals surface area (Å²) in [5.74, 6) is 1.29. The molecule has 4 rings (SSSR count). The molecule has 0 aliphatic carbocycles. The summed E-state index contributed by atoms with van der Waals surface area (Å²) < 4.78 is 17.4. The van der Waals surface area contributed by atoms with E-state index in [-0.39, 0.29) is 18.1 Å². The molecule has 0 N–H and O–H groups in total. The van der Waals surface area contributed by atoms with Gasteiger partial charge >= 0.3 is 0 Å². The second-order valence-corrected chi connectivity index (χ2v) is 9.16. The van der Waals surface area contributed by atoms with Gasteiger partial charge in [-0.25, -0.2) is 4.98 Å². The van der Waals surface area contributed by atoms with Crippen LogP contribution in [-0.2, 0) is 11.3 Å². The second-order valence-electron chi connectivity index (χ2n) is 8.44. The lowest BCUT2D eigenvalue weighted by atomic mass is 9.93. The van der Waals surface area contributed by atoms with Crippen LogP contribution in [0.15, 0.2) is 29.1 Å². The molecule has 0 spiro atoms. The summed E-state index contributed by atoms with van der Waals surface area (Å²) in [7, 11) is 3.39. The number of aromatic nitrogens is 1. The average molecular weight is 460 g/mol. The quantitative estimate of drug-likeness (QED) is 0.692. The third-order valence-corrected chi connectivity index (χ3v) is 7.09. The van der Waals surface area contributed by atoms with Crippen LogP contribution in [0.1, 0.15) is 48.2 Å². The van der Waals surface area contributed by atoms with Gasteiger partial charge in [-0.1, -0.05) is 6.42 Å². The Morgan fingerprint density at radius 1 is 1.16 bits per heavy atom. The van der Waals surface area contributed by atoms with Crippen molar-refractivity contribution >= 4 is 17.2 Å². The molecular formula is C24H33N3O4S. The first-order valence-electron chi connectivity index (χ1n) is 11.4. The van der Waals surface area contributed by atoms with Gasteiger partial charge in [0, 0.05) is 38.2 Å². The van der Waals surface area contributed by atoms with Crippen molar-refractivity contribution in [2.75, 3.05) is 40.5 Å². The predicted octanol–water partition coefficient (Wildman–Crippen LogP) is 3.84. The van der Waals surface area contributed by atoms with Crippen LogP contribution in [0.5, 0.6) is 11.5 Å². The Kier molecular flexibility index (Phi) is 8.00. The number of piperidine rings is 1. The minimum atomic E-state index is 0.0213. The molecule has 2 aromatic rings. The van der Waals surface area contributed by atoms with E-state index < -0.39 is 0 Å². The maximum atomic E-state index is 13.6. The van der Waals surface area contributed by atoms with Crippen molar-refractivity contribution in [1.82, 2.24) is 14.8 Å². The first-order valence-corrected chi connectivity index (χ1v) is 12.4. The van der Waals surface area contributed by atoms with E-state index in [0.29, 0.717) is 23.7 Å². The highest BCUT2D eigenvalue weighted by Crippen LogP contribution is 2.31. The Balaban J connectivity index is 1.60. The van der Waals surface area contributed by atoms with E-state index in [1.807, 2.05) is 28.6 Å². The molecule has 2 atom stereocenters. The fourth-order valence-corrected chi connectivity index (χ4v) is 5.31. The number of rotatable bonds is 4. The van der Waals surface area contributed by atoms with Crippen molar-refractivity contribution in [2.45, 2.75) is 50.8 Å². The van der Waals surface area contributed by atoms with E-state index in [4.69, 9.17) is 14.2 Å². The van der Waals surface area contributed by atoms with Gasteiger partial charge in [0.1, 0.15) is 18.1 Å². The summed E-state index contributed by atoms with van der Waals surface area (Å²) in [5.41, 5.74) is 3.57. The highest BCUT2D eigenvalue weighted by Gasteiger charge is 2.35. The third kappa shape index (κ3) is 5.42. The number of methoxy groups -OCH3 is 2. The second kappa shape index (κ2) is 11.1. The lowest BCUT2D eigenvalue weighted by Gasteiger charge is -2.41. The van der Waals surface area contributed by atoms with Gasteiger partial charge in [-0.3, -0.25) is 9.69 Å². The molecular weight excluding hydrogens is 426 g/mol. The molecule has 0 bridgehead atoms. The van der Waals surface area contributed by atoms with Crippen molar-refractivity contribution < 1.29 is 19.0 Å². The zero-order valence-corrected chi connectivity index (χ0v) is 19.8. The Morgan fingerprint density at radius 3 is 2.84 bits per heavy atom. The summed E-state index contributed by atoms with van der Waals surface area (Å²) >= 11 is 1.62. The zero-order chi connectivity index (χ0) is 22.3. The summed E-state index contributed by atoms with van der Waals surface area (Å²) in [6.07, 6.45) is 5.09. The van der Waals surface area contributed by atoms with Gasteiger partial charge in [0.2, 0.25) is 0 Å². The van der Waals surface area contributed by atoms with E-state index in [0.717, 1.165) is 64.0 Å². The number of thiazole rings is 1. The molecule has 174 valence electrons. The maximum absolute atomic E-state index is 13.6. The van der Waals surface area contributed by atoms with Crippen molar-refractivity contribution in [3.63, 3.8) is 0 Å². The number of benzene rings is 1. The summed E-state index contributed by atoms with van der Waals surface area (Å²) in [6, 6.07) is 5.57. The molecule has 1 aromatic carbocycles. The molecule has 3 heterocycles. The summed E-state index contributed by atoms with van der Waals surface area (Å²) in [6.45, 7) is 3.82. The monoisotopic (exact) mass is 459 g/mol. The molecule has 8 heteroatoms. The van der Waals surface area contributed by atoms with Crippen LogP contribution in [0.3, 0.4) is 0 Å². The number of carbonyl (C=O) groups excluding carboxylic acids is 1. The highest BCUT2D eigenvalue weighted by molar-refractivity contribution is 7.07. The van der Waals surface area contributed by atoms with Gasteiger partial charge < -0.3 is 19.1 Å². The van der Waals surface area contributed by atoms with E-state index in [1.54, 1.807) is 25.6 Å². The molecule has 1 aromatic heterocycles. The first kappa shape index (κ1) is 23.0. The maximum Gasteiger partial charge on any atom is 0.257 e. The van der Waals surface area contributed by atoms with Crippen LogP contribution in [0, 0.1) is 0 Å². The average Bonchev–Trinajstić information content (AvgIpc) is 3.33. The van der Waals surface area contributed by atoms with E-state index >= 15 is 0 Å². The van der Waals surface area contributed by atoms with Crippen LogP contribution in [0.4, 0.5) is 0 Å². The number of hydrogen-bond acceptors (Lipinski definition) is 7. The van der Waals surface area contributed by atoms with Gasteiger partial charge in [0.15, 0.2) is 0 Å². The fraction of sp³-hybridized carbons (Fsp3) is 0.583. The van der Waals surface area contributed by atoms with Gasteiger partial charge in [0.05, 0.1) is 36.0 Å². The molecule has 0 radical (unpaired) electrons. The molecule has 2 aliphatic heterocycles. The molecule has 1 fully saturated rings. The number of amides is 1. The lowest BCUT2D eigenvalue weighted by Crippen LogP contribution is -2.51. The van der Waals surface area contributed by atoms with Crippen LogP contribution < -0.4 is 9.47 Å². The van der Waals surface area contributed by atoms with Crippen LogP contribution >= 0.6 is 11.3 Å². The summed E-state index contributed by atoms with van der Waals surface area (Å²) in [4.78, 5) is 22.5. The molecule has 0 unspecified atom stereocenters. The van der Waals surface area contributed by atoms with E-state index in [1.165, 1.54) is 0 Å². The number of hydrogen-bond donors (Lipinski definition) is 0. The van der Waals surface area contributed by atoms with Crippen LogP contribution in [-0.4, -0.2) is 73.3 Å². The molecule has 1 amide bonds. The zero-order valence-electron chi connectivity index (χ0n) is 19.0. The minimum Gasteiger partial charge on any atom is -0.497 e. The Bertz CT molecular complexity index is 876. The molecule has 0 saturated carbocycles. The van der Waals surface area contributed by atoms with Gasteiger partial charge in [-0.2, -0.15) is 0 Å². The summed E-state index contributed by atoms with van der Waals surface area (Å²) in [5, 5.41) is 2.10. The Hall–Kier alpha value is -2.16. The SMILES string of the molecule is COc1ccc2c(c1)OCCN(Cc1cscn1)CCCC[C@@H]1[C@H](OC)CCCN1C2=O. The van der Waals surface area contributed by atoms with E-state index in [2.05, 4.69) is 15.3 Å². The largest absolute Gasteiger partial charge is 0.497 e. The fourth-order valence-electron chi connectivity index (χ4n) is 4.76. The highest BCUT2D eigenvalue weighted by atomic mass is 32.1. The Morgan fingerprint density at radius 2 is 2.06 bits per heavy atom. The normalized spacial score (nSPS) is 23.2. The third-order valence-electron chi connectivity index (χ3n) is 6.46. The van der Waals surface area contributed by atoms with Crippen LogP contribution in [0.25, 0.3) is 0 Å². The van der Waals surface area contributed by atoms with Crippen molar-refractivity contribution in [2.24, 2.45) is 0 Å². The number of fused-ring (bicyclic) bond motifs is 2. The molecule has 1 saturated heterocycles. The van der Waals surface area contributed by atoms with Gasteiger partial charge in [-0.15, -0.1) is 11.3 Å². The van der Waals surface area contributed by atoms with E-state index in [9.17, 15) is 4.79 Å². The Labute approximate surface area is 194 Å². The van der Waals surface area contributed by atoms with Gasteiger partial charge in [0.25, 0.3) is 5.91 Å². The minimum absolute atomic E-state index is 0.0213. The lowest BCUT2D eigenvalue weighted by molar-refractivity contribution is -0.0155. The van der Waals surface area contributed by atoms with Crippen molar-refractivity contribution in [3.05, 3.63) is 40.3 Å². The topological polar surface area (TPSA) is 64.1 Å². The first-order chi connectivity index (χ1) is 15.7. The smallest absolute Gasteiger partial charge is 0.257 e. The number of nitrogens with zero attached hydrogens (tertiary/aromatic N) is 3. The van der Waals surface area contributed by atoms with Crippen molar-refractivity contribution in [3.8, 4) is 11.5 Å². The van der Waals surface area contributed by atoms with Gasteiger partial charge in [-0.05, 0) is 44.4 Å². The predicted molar refractivity (Wildman–Crippen MR) is 125 cm³/mol. The number of ether oxygens (including phenoxy) is 3. The standard InChI is InChI=1S/C24H33N3O4S/c1-29-19-8-9-20-23(14-19)31-13-12-26(15-18-16-32-17-25-18)10-4-3-6-21-22(30-2)7-5-11-27(21)24(20)28/h8-9,14,16-17,21-22H,3-7,10-13,15H2,1-2H3/t21-,22-/m1/s1. The number of carbonyl (C=O) groups is 1. The molecule has 7 nitrogen and oxygen atoms in total. The van der Waals surface area contributed by atoms with Crippen molar-refractivity contribution in [1.29, 1.82) is 0 Å².